The number of fused-ring (bicyclic) bond motifs is 1. The summed E-state index contributed by atoms with van der Waals surface area (Å²) in [6.45, 7) is -3.11. The lowest BCUT2D eigenvalue weighted by Crippen LogP contribution is -2.10. The molecule has 0 radical (unpaired) electrons. The van der Waals surface area contributed by atoms with Gasteiger partial charge in [0.15, 0.2) is 5.82 Å². The maximum Gasteiger partial charge on any atom is 0.338 e. The van der Waals surface area contributed by atoms with Gasteiger partial charge in [-0.2, -0.15) is 8.78 Å². The van der Waals surface area contributed by atoms with Crippen molar-refractivity contribution in [3.05, 3.63) is 59.9 Å². The van der Waals surface area contributed by atoms with Crippen LogP contribution < -0.4 is 4.74 Å². The molecule has 0 amide bonds. The van der Waals surface area contributed by atoms with Crippen LogP contribution in [0.25, 0.3) is 11.0 Å². The number of halogens is 2. The molecule has 124 valence electrons. The summed E-state index contributed by atoms with van der Waals surface area (Å²) in [6.07, 6.45) is 0. The number of esters is 1. The third-order valence-corrected chi connectivity index (χ3v) is 3.52. The summed E-state index contributed by atoms with van der Waals surface area (Å²) < 4.78 is 37.5. The number of carbonyl (C=O) groups excluding carboxylic acids is 1. The first-order valence-electron chi connectivity index (χ1n) is 7.15. The van der Waals surface area contributed by atoms with Gasteiger partial charge in [-0.25, -0.2) is 9.78 Å². The van der Waals surface area contributed by atoms with Crippen LogP contribution in [0.15, 0.2) is 48.5 Å². The van der Waals surface area contributed by atoms with E-state index in [-0.39, 0.29) is 12.4 Å². The van der Waals surface area contributed by atoms with Gasteiger partial charge in [0.25, 0.3) is 0 Å². The lowest BCUT2D eigenvalue weighted by atomic mass is 10.2. The molecule has 0 atom stereocenters. The predicted octanol–water partition coefficient (Wildman–Crippen LogP) is 3.80. The van der Waals surface area contributed by atoms with Crippen LogP contribution in [0.4, 0.5) is 8.78 Å². The fraction of sp³-hybridized carbons (Fsp3) is 0.176. The fourth-order valence-electron chi connectivity index (χ4n) is 2.35. The van der Waals surface area contributed by atoms with Gasteiger partial charge in [-0.05, 0) is 36.4 Å². The molecule has 0 bridgehead atoms. The number of rotatable bonds is 5. The van der Waals surface area contributed by atoms with Gasteiger partial charge in [-0.15, -0.1) is 0 Å². The van der Waals surface area contributed by atoms with Crippen molar-refractivity contribution >= 4 is 17.0 Å². The van der Waals surface area contributed by atoms with Crippen molar-refractivity contribution in [3.8, 4) is 5.75 Å². The minimum Gasteiger partial charge on any atom is -0.497 e. The standard InChI is InChI=1S/C17H14F2N2O3/c1-23-12-8-6-11(7-9-12)16(22)24-10-15-20-13-4-2-3-5-14(13)21(15)17(18)19/h2-9,17H,10H2,1H3. The van der Waals surface area contributed by atoms with Crippen LogP contribution in [-0.2, 0) is 11.3 Å². The zero-order valence-corrected chi connectivity index (χ0v) is 12.8. The molecule has 3 aromatic rings. The van der Waals surface area contributed by atoms with Gasteiger partial charge in [0.1, 0.15) is 12.4 Å². The molecular weight excluding hydrogens is 318 g/mol. The SMILES string of the molecule is COc1ccc(C(=O)OCc2nc3ccccc3n2C(F)F)cc1. The van der Waals surface area contributed by atoms with Gasteiger partial charge in [0.05, 0.1) is 23.7 Å². The van der Waals surface area contributed by atoms with E-state index in [9.17, 15) is 13.6 Å². The number of aromatic nitrogens is 2. The van der Waals surface area contributed by atoms with Gasteiger partial charge < -0.3 is 9.47 Å². The molecule has 0 aliphatic rings. The predicted molar refractivity (Wildman–Crippen MR) is 83.1 cm³/mol. The van der Waals surface area contributed by atoms with E-state index in [1.807, 2.05) is 0 Å². The molecule has 0 saturated carbocycles. The van der Waals surface area contributed by atoms with Gasteiger partial charge >= 0.3 is 12.5 Å². The Kier molecular flexibility index (Phi) is 4.41. The Labute approximate surface area is 136 Å². The monoisotopic (exact) mass is 332 g/mol. The third-order valence-electron chi connectivity index (χ3n) is 3.52. The average Bonchev–Trinajstić information content (AvgIpc) is 2.98. The van der Waals surface area contributed by atoms with Crippen LogP contribution in [0.2, 0.25) is 0 Å². The van der Waals surface area contributed by atoms with Crippen molar-refractivity contribution in [2.75, 3.05) is 7.11 Å². The maximum absolute atomic E-state index is 13.3. The summed E-state index contributed by atoms with van der Waals surface area (Å²) in [5, 5.41) is 0. The van der Waals surface area contributed by atoms with Gasteiger partial charge in [0, 0.05) is 0 Å². The van der Waals surface area contributed by atoms with E-state index in [1.54, 1.807) is 36.4 Å². The second-order valence-electron chi connectivity index (χ2n) is 4.97. The molecule has 24 heavy (non-hydrogen) atoms. The van der Waals surface area contributed by atoms with Crippen LogP contribution >= 0.6 is 0 Å². The first-order valence-corrected chi connectivity index (χ1v) is 7.15. The number of para-hydroxylation sites is 2. The number of imidazole rings is 1. The Morgan fingerprint density at radius 3 is 2.54 bits per heavy atom. The van der Waals surface area contributed by atoms with Gasteiger partial charge in [0.2, 0.25) is 0 Å². The number of carbonyl (C=O) groups is 1. The fourth-order valence-corrected chi connectivity index (χ4v) is 2.35. The highest BCUT2D eigenvalue weighted by molar-refractivity contribution is 5.89. The number of ether oxygens (including phenoxy) is 2. The Bertz CT molecular complexity index is 860. The highest BCUT2D eigenvalue weighted by atomic mass is 19.3. The van der Waals surface area contributed by atoms with Crippen LogP contribution in [0.1, 0.15) is 22.7 Å². The van der Waals surface area contributed by atoms with Crippen LogP contribution in [0.3, 0.4) is 0 Å². The summed E-state index contributed by atoms with van der Waals surface area (Å²) >= 11 is 0. The first kappa shape index (κ1) is 15.9. The van der Waals surface area contributed by atoms with E-state index < -0.39 is 12.5 Å². The summed E-state index contributed by atoms with van der Waals surface area (Å²) in [4.78, 5) is 16.1. The lowest BCUT2D eigenvalue weighted by molar-refractivity contribution is 0.0387. The van der Waals surface area contributed by atoms with Crippen molar-refractivity contribution in [1.29, 1.82) is 0 Å². The van der Waals surface area contributed by atoms with Crippen molar-refractivity contribution < 1.29 is 23.0 Å². The molecule has 0 spiro atoms. The van der Waals surface area contributed by atoms with Crippen LogP contribution in [-0.4, -0.2) is 22.6 Å². The molecule has 1 aromatic heterocycles. The quantitative estimate of drug-likeness (QED) is 0.667. The summed E-state index contributed by atoms with van der Waals surface area (Å²) in [6, 6.07) is 12.8. The largest absolute Gasteiger partial charge is 0.497 e. The number of methoxy groups -OCH3 is 1. The van der Waals surface area contributed by atoms with E-state index in [1.165, 1.54) is 19.2 Å². The lowest BCUT2D eigenvalue weighted by Gasteiger charge is -2.09. The molecule has 0 unspecified atom stereocenters. The van der Waals surface area contributed by atoms with E-state index in [0.717, 1.165) is 4.57 Å². The Balaban J connectivity index is 1.79. The molecule has 7 heteroatoms. The topological polar surface area (TPSA) is 53.4 Å². The van der Waals surface area contributed by atoms with Crippen molar-refractivity contribution in [2.24, 2.45) is 0 Å². The highest BCUT2D eigenvalue weighted by Crippen LogP contribution is 2.23. The summed E-state index contributed by atoms with van der Waals surface area (Å²) in [7, 11) is 1.52. The number of hydrogen-bond acceptors (Lipinski definition) is 4. The molecule has 0 aliphatic carbocycles. The van der Waals surface area contributed by atoms with Crippen molar-refractivity contribution in [3.63, 3.8) is 0 Å². The van der Waals surface area contributed by atoms with Gasteiger partial charge in [-0.1, -0.05) is 12.1 Å². The smallest absolute Gasteiger partial charge is 0.338 e. The molecule has 5 nitrogen and oxygen atoms in total. The van der Waals surface area contributed by atoms with Gasteiger partial charge in [-0.3, -0.25) is 4.57 Å². The molecular formula is C17H14F2N2O3. The highest BCUT2D eigenvalue weighted by Gasteiger charge is 2.19. The number of benzene rings is 2. The molecule has 2 aromatic carbocycles. The molecule has 3 rings (SSSR count). The Hall–Kier alpha value is -2.96. The zero-order chi connectivity index (χ0) is 17.1. The third kappa shape index (κ3) is 3.05. The number of nitrogens with zero attached hydrogens (tertiary/aromatic N) is 2. The molecule has 0 saturated heterocycles. The van der Waals surface area contributed by atoms with E-state index in [4.69, 9.17) is 9.47 Å². The Morgan fingerprint density at radius 1 is 1.17 bits per heavy atom. The molecule has 0 aliphatic heterocycles. The minimum atomic E-state index is -2.77. The second kappa shape index (κ2) is 6.66. The normalized spacial score (nSPS) is 11.0. The average molecular weight is 332 g/mol. The van der Waals surface area contributed by atoms with Crippen molar-refractivity contribution in [1.82, 2.24) is 9.55 Å². The Morgan fingerprint density at radius 2 is 1.88 bits per heavy atom. The van der Waals surface area contributed by atoms with Crippen LogP contribution in [0, 0.1) is 0 Å². The van der Waals surface area contributed by atoms with E-state index in [2.05, 4.69) is 4.98 Å². The summed E-state index contributed by atoms with van der Waals surface area (Å²) in [5.74, 6) is -0.0235. The van der Waals surface area contributed by atoms with Crippen molar-refractivity contribution in [2.45, 2.75) is 13.2 Å². The number of alkyl halides is 2. The van der Waals surface area contributed by atoms with E-state index in [0.29, 0.717) is 22.3 Å². The first-order chi connectivity index (χ1) is 11.6. The van der Waals surface area contributed by atoms with Crippen LogP contribution in [0.5, 0.6) is 5.75 Å². The maximum atomic E-state index is 13.3. The summed E-state index contributed by atoms with van der Waals surface area (Å²) in [5.41, 5.74) is 1.02. The zero-order valence-electron chi connectivity index (χ0n) is 12.8. The minimum absolute atomic E-state index is 0.00642. The molecule has 0 fully saturated rings. The van der Waals surface area contributed by atoms with E-state index >= 15 is 0 Å². The molecule has 1 heterocycles. The second-order valence-corrected chi connectivity index (χ2v) is 4.97. The number of hydrogen-bond donors (Lipinski definition) is 0. The molecule has 0 N–H and O–H groups in total.